The molecule has 1 heterocycles. The van der Waals surface area contributed by atoms with Gasteiger partial charge in [0, 0.05) is 23.0 Å². The molecule has 114 valence electrons. The standard InChI is InChI=1S/C15H14ClN3O3/c1-10(21-13-4-2-3-12(16)9-13)15(20)22-19-14(17)11-5-7-18-8-6-11/h2-10H,1H3,(H2,17,19). The largest absolute Gasteiger partial charge is 0.479 e. The van der Waals surface area contributed by atoms with Crippen LogP contribution in [0.2, 0.25) is 5.02 Å². The van der Waals surface area contributed by atoms with Gasteiger partial charge in [-0.1, -0.05) is 22.8 Å². The Hall–Kier alpha value is -2.60. The van der Waals surface area contributed by atoms with E-state index in [4.69, 9.17) is 26.9 Å². The third-order valence-corrected chi connectivity index (χ3v) is 2.89. The second kappa shape index (κ2) is 7.42. The highest BCUT2D eigenvalue weighted by Crippen LogP contribution is 2.18. The molecule has 0 aliphatic heterocycles. The lowest BCUT2D eigenvalue weighted by Gasteiger charge is -2.12. The van der Waals surface area contributed by atoms with Crippen LogP contribution in [0.3, 0.4) is 0 Å². The van der Waals surface area contributed by atoms with Crippen LogP contribution in [0.25, 0.3) is 0 Å². The summed E-state index contributed by atoms with van der Waals surface area (Å²) >= 11 is 5.84. The Morgan fingerprint density at radius 1 is 1.32 bits per heavy atom. The SMILES string of the molecule is CC(Oc1cccc(Cl)c1)C(=O)O/N=C(\N)c1ccncc1. The quantitative estimate of drug-likeness (QED) is 0.395. The summed E-state index contributed by atoms with van der Waals surface area (Å²) in [5.74, 6) is -0.134. The molecule has 0 fully saturated rings. The summed E-state index contributed by atoms with van der Waals surface area (Å²) in [7, 11) is 0. The highest BCUT2D eigenvalue weighted by molar-refractivity contribution is 6.30. The van der Waals surface area contributed by atoms with E-state index < -0.39 is 12.1 Å². The predicted molar refractivity (Wildman–Crippen MR) is 82.6 cm³/mol. The van der Waals surface area contributed by atoms with Crippen LogP contribution in [-0.2, 0) is 9.63 Å². The van der Waals surface area contributed by atoms with Crippen molar-refractivity contribution in [2.75, 3.05) is 0 Å². The fourth-order valence-electron chi connectivity index (χ4n) is 1.54. The number of hydrogen-bond acceptors (Lipinski definition) is 5. The fraction of sp³-hybridized carbons (Fsp3) is 0.133. The molecule has 2 aromatic rings. The molecule has 0 spiro atoms. The van der Waals surface area contributed by atoms with Crippen LogP contribution in [-0.4, -0.2) is 22.9 Å². The van der Waals surface area contributed by atoms with Crippen LogP contribution in [0.15, 0.2) is 53.9 Å². The summed E-state index contributed by atoms with van der Waals surface area (Å²) in [5.41, 5.74) is 6.31. The first kappa shape index (κ1) is 15.8. The third-order valence-electron chi connectivity index (χ3n) is 2.65. The van der Waals surface area contributed by atoms with Gasteiger partial charge in [-0.2, -0.15) is 0 Å². The lowest BCUT2D eigenvalue weighted by atomic mass is 10.2. The van der Waals surface area contributed by atoms with Crippen molar-refractivity contribution in [1.82, 2.24) is 4.98 Å². The van der Waals surface area contributed by atoms with Gasteiger partial charge in [-0.05, 0) is 37.3 Å². The molecule has 1 unspecified atom stereocenters. The molecule has 1 aromatic carbocycles. The number of amidine groups is 1. The molecule has 6 nitrogen and oxygen atoms in total. The van der Waals surface area contributed by atoms with Crippen molar-refractivity contribution in [3.8, 4) is 5.75 Å². The van der Waals surface area contributed by atoms with Crippen molar-refractivity contribution < 1.29 is 14.4 Å². The number of nitrogens with two attached hydrogens (primary N) is 1. The lowest BCUT2D eigenvalue weighted by molar-refractivity contribution is -0.151. The number of carbonyl (C=O) groups is 1. The Labute approximate surface area is 132 Å². The number of halogens is 1. The first-order valence-electron chi connectivity index (χ1n) is 6.43. The number of nitrogens with zero attached hydrogens (tertiary/aromatic N) is 2. The first-order chi connectivity index (χ1) is 10.6. The number of ether oxygens (including phenoxy) is 1. The zero-order valence-corrected chi connectivity index (χ0v) is 12.5. The van der Waals surface area contributed by atoms with Crippen molar-refractivity contribution in [2.45, 2.75) is 13.0 Å². The minimum absolute atomic E-state index is 0.0747. The van der Waals surface area contributed by atoms with Gasteiger partial charge in [0.1, 0.15) is 5.75 Å². The van der Waals surface area contributed by atoms with E-state index in [-0.39, 0.29) is 5.84 Å². The van der Waals surface area contributed by atoms with Crippen LogP contribution < -0.4 is 10.5 Å². The van der Waals surface area contributed by atoms with Gasteiger partial charge in [-0.3, -0.25) is 4.98 Å². The molecule has 0 saturated carbocycles. The second-order valence-corrected chi connectivity index (χ2v) is 4.78. The zero-order valence-electron chi connectivity index (χ0n) is 11.8. The van der Waals surface area contributed by atoms with E-state index in [2.05, 4.69) is 10.1 Å². The molecule has 0 amide bonds. The van der Waals surface area contributed by atoms with Gasteiger partial charge < -0.3 is 15.3 Å². The lowest BCUT2D eigenvalue weighted by Crippen LogP contribution is -2.26. The minimum Gasteiger partial charge on any atom is -0.479 e. The fourth-order valence-corrected chi connectivity index (χ4v) is 1.72. The van der Waals surface area contributed by atoms with Crippen LogP contribution in [0, 0.1) is 0 Å². The number of carbonyl (C=O) groups excluding carboxylic acids is 1. The summed E-state index contributed by atoms with van der Waals surface area (Å²) < 4.78 is 5.42. The minimum atomic E-state index is -0.854. The van der Waals surface area contributed by atoms with Crippen molar-refractivity contribution in [1.29, 1.82) is 0 Å². The average molecular weight is 320 g/mol. The highest BCUT2D eigenvalue weighted by atomic mass is 35.5. The number of benzene rings is 1. The van der Waals surface area contributed by atoms with E-state index in [0.29, 0.717) is 16.3 Å². The Morgan fingerprint density at radius 3 is 2.73 bits per heavy atom. The summed E-state index contributed by atoms with van der Waals surface area (Å²) in [6.45, 7) is 1.54. The molecule has 0 radical (unpaired) electrons. The normalized spacial score (nSPS) is 12.5. The van der Waals surface area contributed by atoms with E-state index >= 15 is 0 Å². The second-order valence-electron chi connectivity index (χ2n) is 4.34. The Kier molecular flexibility index (Phi) is 5.32. The van der Waals surface area contributed by atoms with Crippen molar-refractivity contribution >= 4 is 23.4 Å². The Morgan fingerprint density at radius 2 is 2.05 bits per heavy atom. The molecular weight excluding hydrogens is 306 g/mol. The van der Waals surface area contributed by atoms with E-state index in [1.807, 2.05) is 0 Å². The van der Waals surface area contributed by atoms with Crippen LogP contribution in [0.1, 0.15) is 12.5 Å². The van der Waals surface area contributed by atoms with E-state index in [1.54, 1.807) is 55.7 Å². The Balaban J connectivity index is 1.94. The van der Waals surface area contributed by atoms with Crippen LogP contribution in [0.5, 0.6) is 5.75 Å². The summed E-state index contributed by atoms with van der Waals surface area (Å²) in [5, 5.41) is 4.10. The summed E-state index contributed by atoms with van der Waals surface area (Å²) in [6, 6.07) is 10.0. The number of hydrogen-bond donors (Lipinski definition) is 1. The monoisotopic (exact) mass is 319 g/mol. The van der Waals surface area contributed by atoms with Gasteiger partial charge in [-0.25, -0.2) is 4.79 Å². The molecule has 22 heavy (non-hydrogen) atoms. The van der Waals surface area contributed by atoms with E-state index in [1.165, 1.54) is 0 Å². The average Bonchev–Trinajstić information content (AvgIpc) is 2.53. The van der Waals surface area contributed by atoms with Crippen LogP contribution in [0.4, 0.5) is 0 Å². The molecule has 1 atom stereocenters. The van der Waals surface area contributed by atoms with Gasteiger partial charge in [0.15, 0.2) is 11.9 Å². The zero-order chi connectivity index (χ0) is 15.9. The molecule has 2 N–H and O–H groups in total. The number of rotatable bonds is 5. The number of pyridine rings is 1. The number of oxime groups is 1. The maximum absolute atomic E-state index is 11.8. The van der Waals surface area contributed by atoms with Crippen molar-refractivity contribution in [2.24, 2.45) is 10.9 Å². The molecule has 7 heteroatoms. The van der Waals surface area contributed by atoms with Crippen molar-refractivity contribution in [3.63, 3.8) is 0 Å². The van der Waals surface area contributed by atoms with E-state index in [0.717, 1.165) is 0 Å². The van der Waals surface area contributed by atoms with Gasteiger partial charge in [0.05, 0.1) is 0 Å². The van der Waals surface area contributed by atoms with Gasteiger partial charge >= 0.3 is 5.97 Å². The van der Waals surface area contributed by atoms with Gasteiger partial charge in [0.2, 0.25) is 0 Å². The predicted octanol–water partition coefficient (Wildman–Crippen LogP) is 2.37. The smallest absolute Gasteiger partial charge is 0.374 e. The van der Waals surface area contributed by atoms with Crippen molar-refractivity contribution in [3.05, 3.63) is 59.4 Å². The molecule has 1 aromatic heterocycles. The van der Waals surface area contributed by atoms with Gasteiger partial charge in [-0.15, -0.1) is 0 Å². The van der Waals surface area contributed by atoms with E-state index in [9.17, 15) is 4.79 Å². The maximum atomic E-state index is 11.8. The van der Waals surface area contributed by atoms with Crippen LogP contribution >= 0.6 is 11.6 Å². The number of aromatic nitrogens is 1. The highest BCUT2D eigenvalue weighted by Gasteiger charge is 2.17. The molecule has 0 aliphatic carbocycles. The summed E-state index contributed by atoms with van der Waals surface area (Å²) in [4.78, 5) is 20.4. The maximum Gasteiger partial charge on any atom is 0.374 e. The molecule has 2 rings (SSSR count). The Bertz CT molecular complexity index is 677. The summed E-state index contributed by atoms with van der Waals surface area (Å²) in [6.07, 6.45) is 2.27. The molecular formula is C15H14ClN3O3. The molecule has 0 aliphatic rings. The van der Waals surface area contributed by atoms with Gasteiger partial charge in [0.25, 0.3) is 0 Å². The topological polar surface area (TPSA) is 86.8 Å². The molecule has 0 saturated heterocycles. The third kappa shape index (κ3) is 4.46. The first-order valence-corrected chi connectivity index (χ1v) is 6.81. The molecule has 0 bridgehead atoms.